The molecule has 0 aliphatic carbocycles. The molecule has 0 spiro atoms. The van der Waals surface area contributed by atoms with Gasteiger partial charge in [0, 0.05) is 0 Å². The fraction of sp³-hybridized carbons (Fsp3) is 0.700. The van der Waals surface area contributed by atoms with Gasteiger partial charge in [0.25, 0.3) is 0 Å². The molecule has 7 heteroatoms. The number of primary amides is 1. The second-order valence-electron chi connectivity index (χ2n) is 4.31. The summed E-state index contributed by atoms with van der Waals surface area (Å²) in [4.78, 5) is 32.9. The lowest BCUT2D eigenvalue weighted by Gasteiger charge is -2.17. The first kappa shape index (κ1) is 15.4. The Bertz CT molecular complexity index is 304. The van der Waals surface area contributed by atoms with Gasteiger partial charge in [0.15, 0.2) is 0 Å². The first-order chi connectivity index (χ1) is 7.73. The summed E-state index contributed by atoms with van der Waals surface area (Å²) in [5.74, 6) is -2.48. The number of carbonyl (C=O) groups is 3. The maximum Gasteiger partial charge on any atom is 0.326 e. The molecule has 2 amide bonds. The third kappa shape index (κ3) is 6.52. The van der Waals surface area contributed by atoms with Crippen molar-refractivity contribution in [2.75, 3.05) is 0 Å². The summed E-state index contributed by atoms with van der Waals surface area (Å²) in [5, 5.41) is 11.0. The lowest BCUT2D eigenvalue weighted by molar-refractivity contribution is -0.143. The zero-order valence-corrected chi connectivity index (χ0v) is 9.97. The zero-order valence-electron chi connectivity index (χ0n) is 9.97. The Kier molecular flexibility index (Phi) is 6.19. The first-order valence-electron chi connectivity index (χ1n) is 5.31. The third-order valence-corrected chi connectivity index (χ3v) is 2.08. The first-order valence-corrected chi connectivity index (χ1v) is 5.31. The molecular weight excluding hydrogens is 226 g/mol. The molecule has 0 aromatic rings. The molecule has 0 bridgehead atoms. The number of nitrogens with two attached hydrogens (primary N) is 2. The molecule has 0 aromatic heterocycles. The van der Waals surface area contributed by atoms with Crippen molar-refractivity contribution in [1.29, 1.82) is 0 Å². The minimum absolute atomic E-state index is 0.218. The van der Waals surface area contributed by atoms with Crippen LogP contribution in [0.15, 0.2) is 0 Å². The van der Waals surface area contributed by atoms with Gasteiger partial charge < -0.3 is 21.9 Å². The van der Waals surface area contributed by atoms with Crippen LogP contribution in [0.4, 0.5) is 0 Å². The highest BCUT2D eigenvalue weighted by atomic mass is 16.4. The Morgan fingerprint density at radius 1 is 1.29 bits per heavy atom. The lowest BCUT2D eigenvalue weighted by Crippen LogP contribution is -2.50. The van der Waals surface area contributed by atoms with Gasteiger partial charge in [0.05, 0.1) is 12.5 Å². The fourth-order valence-corrected chi connectivity index (χ4v) is 1.29. The summed E-state index contributed by atoms with van der Waals surface area (Å²) >= 11 is 0. The molecule has 2 atom stereocenters. The van der Waals surface area contributed by atoms with E-state index in [-0.39, 0.29) is 5.92 Å². The second-order valence-corrected chi connectivity index (χ2v) is 4.31. The highest BCUT2D eigenvalue weighted by molar-refractivity contribution is 5.89. The van der Waals surface area contributed by atoms with Crippen LogP contribution in [0.2, 0.25) is 0 Å². The van der Waals surface area contributed by atoms with Crippen molar-refractivity contribution in [2.45, 2.75) is 38.8 Å². The molecule has 0 unspecified atom stereocenters. The molecule has 0 saturated heterocycles. The molecule has 7 nitrogen and oxygen atoms in total. The summed E-state index contributed by atoms with van der Waals surface area (Å²) in [6.07, 6.45) is -0.00971. The number of nitrogens with one attached hydrogen (secondary N) is 1. The molecule has 0 aromatic carbocycles. The molecular formula is C10H19N3O4. The van der Waals surface area contributed by atoms with E-state index in [1.165, 1.54) is 0 Å². The molecule has 0 rings (SSSR count). The smallest absolute Gasteiger partial charge is 0.326 e. The van der Waals surface area contributed by atoms with Gasteiger partial charge in [-0.1, -0.05) is 13.8 Å². The molecule has 6 N–H and O–H groups in total. The maximum atomic E-state index is 11.5. The summed E-state index contributed by atoms with van der Waals surface area (Å²) < 4.78 is 0. The van der Waals surface area contributed by atoms with Crippen molar-refractivity contribution in [2.24, 2.45) is 17.4 Å². The number of hydrogen-bond donors (Lipinski definition) is 4. The van der Waals surface area contributed by atoms with Gasteiger partial charge in [-0.2, -0.15) is 0 Å². The van der Waals surface area contributed by atoms with E-state index in [2.05, 4.69) is 5.32 Å². The van der Waals surface area contributed by atoms with Crippen LogP contribution >= 0.6 is 0 Å². The van der Waals surface area contributed by atoms with Gasteiger partial charge >= 0.3 is 5.97 Å². The summed E-state index contributed by atoms with van der Waals surface area (Å²) in [6, 6.07) is -2.11. The van der Waals surface area contributed by atoms with Crippen LogP contribution in [0.5, 0.6) is 0 Å². The Hall–Kier alpha value is -1.63. The number of carbonyl (C=O) groups excluding carboxylic acids is 2. The second kappa shape index (κ2) is 6.85. The normalized spacial score (nSPS) is 14.1. The predicted molar refractivity (Wildman–Crippen MR) is 60.8 cm³/mol. The van der Waals surface area contributed by atoms with E-state index >= 15 is 0 Å². The van der Waals surface area contributed by atoms with Crippen LogP contribution in [0.3, 0.4) is 0 Å². The number of carboxylic acid groups (broad SMARTS) is 1. The van der Waals surface area contributed by atoms with Gasteiger partial charge in [0.2, 0.25) is 11.8 Å². The van der Waals surface area contributed by atoms with E-state index in [4.69, 9.17) is 16.6 Å². The van der Waals surface area contributed by atoms with Gasteiger partial charge in [-0.15, -0.1) is 0 Å². The van der Waals surface area contributed by atoms with Crippen molar-refractivity contribution >= 4 is 17.8 Å². The molecule has 0 heterocycles. The lowest BCUT2D eigenvalue weighted by atomic mass is 10.0. The minimum atomic E-state index is -1.32. The van der Waals surface area contributed by atoms with E-state index in [1.54, 1.807) is 0 Å². The number of amides is 2. The molecule has 98 valence electrons. The summed E-state index contributed by atoms with van der Waals surface area (Å²) in [6.45, 7) is 3.79. The van der Waals surface area contributed by atoms with Gasteiger partial charge in [-0.05, 0) is 12.3 Å². The monoisotopic (exact) mass is 245 g/mol. The van der Waals surface area contributed by atoms with E-state index in [0.717, 1.165) is 0 Å². The van der Waals surface area contributed by atoms with Gasteiger partial charge in [-0.25, -0.2) is 4.79 Å². The quantitative estimate of drug-likeness (QED) is 0.447. The van der Waals surface area contributed by atoms with Crippen LogP contribution < -0.4 is 16.8 Å². The maximum absolute atomic E-state index is 11.5. The molecule has 0 saturated carbocycles. The molecule has 0 aliphatic heterocycles. The van der Waals surface area contributed by atoms with Crippen molar-refractivity contribution in [3.63, 3.8) is 0 Å². The highest BCUT2D eigenvalue weighted by Gasteiger charge is 2.25. The Morgan fingerprint density at radius 3 is 2.18 bits per heavy atom. The van der Waals surface area contributed by atoms with Crippen LogP contribution in [0, 0.1) is 5.92 Å². The molecule has 0 radical (unpaired) electrons. The summed E-state index contributed by atoms with van der Waals surface area (Å²) in [7, 11) is 0. The topological polar surface area (TPSA) is 136 Å². The minimum Gasteiger partial charge on any atom is -0.480 e. The Labute approximate surface area is 99.5 Å². The van der Waals surface area contributed by atoms with Crippen molar-refractivity contribution < 1.29 is 19.5 Å². The number of hydrogen-bond acceptors (Lipinski definition) is 4. The number of aliphatic carboxylic acids is 1. The summed E-state index contributed by atoms with van der Waals surface area (Å²) in [5.41, 5.74) is 10.5. The Morgan fingerprint density at radius 2 is 1.82 bits per heavy atom. The number of carboxylic acids is 1. The van der Waals surface area contributed by atoms with Crippen LogP contribution in [-0.2, 0) is 14.4 Å². The van der Waals surface area contributed by atoms with Crippen molar-refractivity contribution in [3.8, 4) is 0 Å². The zero-order chi connectivity index (χ0) is 13.6. The highest BCUT2D eigenvalue weighted by Crippen LogP contribution is 2.03. The van der Waals surface area contributed by atoms with Gasteiger partial charge in [-0.3, -0.25) is 9.59 Å². The van der Waals surface area contributed by atoms with Crippen molar-refractivity contribution in [3.05, 3.63) is 0 Å². The number of rotatable bonds is 7. The fourth-order valence-electron chi connectivity index (χ4n) is 1.29. The average molecular weight is 245 g/mol. The third-order valence-electron chi connectivity index (χ3n) is 2.08. The predicted octanol–water partition coefficient (Wildman–Crippen LogP) is -1.20. The average Bonchev–Trinajstić information content (AvgIpc) is 2.14. The SMILES string of the molecule is CC(C)C[C@@H](N)C(=O)N[C@H](CC(N)=O)C(=O)O. The Balaban J connectivity index is 4.39. The van der Waals surface area contributed by atoms with Crippen LogP contribution in [-0.4, -0.2) is 35.0 Å². The van der Waals surface area contributed by atoms with E-state index in [1.807, 2.05) is 13.8 Å². The molecule has 17 heavy (non-hydrogen) atoms. The van der Waals surface area contributed by atoms with Gasteiger partial charge in [0.1, 0.15) is 6.04 Å². The largest absolute Gasteiger partial charge is 0.480 e. The van der Waals surface area contributed by atoms with E-state index in [0.29, 0.717) is 6.42 Å². The van der Waals surface area contributed by atoms with Crippen LogP contribution in [0.25, 0.3) is 0 Å². The van der Waals surface area contributed by atoms with E-state index < -0.39 is 36.3 Å². The molecule has 0 fully saturated rings. The molecule has 0 aliphatic rings. The van der Waals surface area contributed by atoms with E-state index in [9.17, 15) is 14.4 Å². The standard InChI is InChI=1S/C10H19N3O4/c1-5(2)3-6(11)9(15)13-7(10(16)17)4-8(12)14/h5-7H,3-4,11H2,1-2H3,(H2,12,14)(H,13,15)(H,16,17)/t6-,7-/m1/s1. The van der Waals surface area contributed by atoms with Crippen LogP contribution in [0.1, 0.15) is 26.7 Å². The van der Waals surface area contributed by atoms with Crippen molar-refractivity contribution in [1.82, 2.24) is 5.32 Å².